The van der Waals surface area contributed by atoms with Crippen LogP contribution < -0.4 is 16.4 Å². The molecule has 1 aromatic rings. The molecule has 0 heterocycles. The number of hydrogen-bond acceptors (Lipinski definition) is 3. The Labute approximate surface area is 175 Å². The molecule has 2 rings (SSSR count). The molecule has 4 atom stereocenters. The number of hydrogen-bond donors (Lipinski definition) is 3. The van der Waals surface area contributed by atoms with E-state index in [9.17, 15) is 9.59 Å². The van der Waals surface area contributed by atoms with Gasteiger partial charge in [0.05, 0.1) is 12.6 Å². The second-order valence-electron chi connectivity index (χ2n) is 8.34. The van der Waals surface area contributed by atoms with Gasteiger partial charge in [-0.2, -0.15) is 0 Å². The highest BCUT2D eigenvalue weighted by Gasteiger charge is 2.35. The van der Waals surface area contributed by atoms with E-state index in [1.54, 1.807) is 0 Å². The summed E-state index contributed by atoms with van der Waals surface area (Å²) >= 11 is 0. The third-order valence-electron chi connectivity index (χ3n) is 5.76. The Kier molecular flexibility index (Phi) is 10.5. The summed E-state index contributed by atoms with van der Waals surface area (Å²) in [4.78, 5) is 24.7. The third kappa shape index (κ3) is 7.44. The molecule has 158 valence electrons. The average Bonchev–Trinajstić information content (AvgIpc) is 2.66. The number of carbonyl (C=O) groups is 2. The molecule has 1 unspecified atom stereocenters. The van der Waals surface area contributed by atoms with Crippen molar-refractivity contribution in [2.24, 2.45) is 29.4 Å². The molecule has 6 heteroatoms. The van der Waals surface area contributed by atoms with Gasteiger partial charge in [-0.3, -0.25) is 9.59 Å². The van der Waals surface area contributed by atoms with Gasteiger partial charge in [0.1, 0.15) is 0 Å². The fourth-order valence-electron chi connectivity index (χ4n) is 4.22. The summed E-state index contributed by atoms with van der Waals surface area (Å²) in [7, 11) is 0. The number of nitrogens with one attached hydrogen (secondary N) is 2. The van der Waals surface area contributed by atoms with Gasteiger partial charge in [-0.1, -0.05) is 57.5 Å². The van der Waals surface area contributed by atoms with Gasteiger partial charge < -0.3 is 16.4 Å². The molecule has 0 saturated heterocycles. The molecule has 5 nitrogen and oxygen atoms in total. The SMILES string of the molecule is CC(C)[C@@H]1CC[C@@H](C)C[C@H]1C(=O)NCC(Cc1ccccc1)NC(=O)CN.Cl. The van der Waals surface area contributed by atoms with Gasteiger partial charge in [0, 0.05) is 12.5 Å². The molecule has 4 N–H and O–H groups in total. The van der Waals surface area contributed by atoms with Crippen LogP contribution in [-0.4, -0.2) is 30.9 Å². The lowest BCUT2D eigenvalue weighted by atomic mass is 9.70. The minimum Gasteiger partial charge on any atom is -0.354 e. The van der Waals surface area contributed by atoms with Crippen LogP contribution in [0.4, 0.5) is 0 Å². The van der Waals surface area contributed by atoms with Gasteiger partial charge in [0.15, 0.2) is 0 Å². The Bertz CT molecular complexity index is 609. The van der Waals surface area contributed by atoms with Gasteiger partial charge in [0.2, 0.25) is 11.8 Å². The summed E-state index contributed by atoms with van der Waals surface area (Å²) in [6.07, 6.45) is 3.94. The highest BCUT2D eigenvalue weighted by Crippen LogP contribution is 2.38. The quantitative estimate of drug-likeness (QED) is 0.617. The molecule has 0 bridgehead atoms. The van der Waals surface area contributed by atoms with Crippen LogP contribution in [0.5, 0.6) is 0 Å². The summed E-state index contributed by atoms with van der Waals surface area (Å²) in [6, 6.07) is 9.82. The molecule has 0 aliphatic heterocycles. The first-order valence-electron chi connectivity index (χ1n) is 10.2. The monoisotopic (exact) mass is 409 g/mol. The van der Waals surface area contributed by atoms with E-state index in [2.05, 4.69) is 31.4 Å². The number of amides is 2. The number of carbonyl (C=O) groups excluding carboxylic acids is 2. The van der Waals surface area contributed by atoms with Crippen LogP contribution in [0.15, 0.2) is 30.3 Å². The summed E-state index contributed by atoms with van der Waals surface area (Å²) in [6.45, 7) is 7.03. The normalized spacial score (nSPS) is 22.8. The lowest BCUT2D eigenvalue weighted by Gasteiger charge is -2.36. The molecule has 1 aliphatic carbocycles. The second-order valence-corrected chi connectivity index (χ2v) is 8.34. The van der Waals surface area contributed by atoms with Crippen LogP contribution in [-0.2, 0) is 16.0 Å². The molecule has 1 aromatic carbocycles. The van der Waals surface area contributed by atoms with Crippen molar-refractivity contribution in [1.29, 1.82) is 0 Å². The van der Waals surface area contributed by atoms with Gasteiger partial charge in [-0.05, 0) is 42.6 Å². The van der Waals surface area contributed by atoms with E-state index in [1.165, 1.54) is 6.42 Å². The predicted octanol–water partition coefficient (Wildman–Crippen LogP) is 2.92. The van der Waals surface area contributed by atoms with E-state index in [0.717, 1.165) is 18.4 Å². The lowest BCUT2D eigenvalue weighted by Crippen LogP contribution is -2.49. The summed E-state index contributed by atoms with van der Waals surface area (Å²) in [5.74, 6) is 1.53. The first-order chi connectivity index (χ1) is 12.9. The zero-order valence-electron chi connectivity index (χ0n) is 17.3. The average molecular weight is 410 g/mol. The molecule has 2 amide bonds. The molecule has 1 saturated carbocycles. The second kappa shape index (κ2) is 12.1. The van der Waals surface area contributed by atoms with Gasteiger partial charge in [-0.25, -0.2) is 0 Å². The highest BCUT2D eigenvalue weighted by molar-refractivity contribution is 5.85. The predicted molar refractivity (Wildman–Crippen MR) is 116 cm³/mol. The minimum absolute atomic E-state index is 0. The van der Waals surface area contributed by atoms with E-state index in [4.69, 9.17) is 5.73 Å². The number of halogens is 1. The van der Waals surface area contributed by atoms with Gasteiger partial charge in [0.25, 0.3) is 0 Å². The largest absolute Gasteiger partial charge is 0.354 e. The topological polar surface area (TPSA) is 84.2 Å². The first-order valence-corrected chi connectivity index (χ1v) is 10.2. The molecular weight excluding hydrogens is 374 g/mol. The maximum Gasteiger partial charge on any atom is 0.234 e. The minimum atomic E-state index is -0.198. The van der Waals surface area contributed by atoms with E-state index in [1.807, 2.05) is 30.3 Å². The summed E-state index contributed by atoms with van der Waals surface area (Å²) in [5.41, 5.74) is 6.58. The van der Waals surface area contributed by atoms with E-state index >= 15 is 0 Å². The van der Waals surface area contributed by atoms with E-state index in [-0.39, 0.29) is 42.7 Å². The Hall–Kier alpha value is -1.59. The van der Waals surface area contributed by atoms with Crippen LogP contribution in [0.25, 0.3) is 0 Å². The van der Waals surface area contributed by atoms with E-state index in [0.29, 0.717) is 30.7 Å². The Morgan fingerprint density at radius 1 is 1.18 bits per heavy atom. The van der Waals surface area contributed by atoms with E-state index < -0.39 is 0 Å². The fraction of sp³-hybridized carbons (Fsp3) is 0.636. The van der Waals surface area contributed by atoms with Crippen LogP contribution in [0, 0.1) is 23.7 Å². The van der Waals surface area contributed by atoms with Crippen LogP contribution in [0.3, 0.4) is 0 Å². The van der Waals surface area contributed by atoms with Crippen molar-refractivity contribution in [3.05, 3.63) is 35.9 Å². The van der Waals surface area contributed by atoms with Gasteiger partial charge in [-0.15, -0.1) is 12.4 Å². The fourth-order valence-corrected chi connectivity index (χ4v) is 4.22. The Morgan fingerprint density at radius 2 is 1.86 bits per heavy atom. The van der Waals surface area contributed by atoms with Gasteiger partial charge >= 0.3 is 0 Å². The van der Waals surface area contributed by atoms with Crippen molar-refractivity contribution in [3.8, 4) is 0 Å². The number of nitrogens with two attached hydrogens (primary N) is 1. The van der Waals surface area contributed by atoms with Crippen molar-refractivity contribution in [1.82, 2.24) is 10.6 Å². The lowest BCUT2D eigenvalue weighted by molar-refractivity contribution is -0.129. The van der Waals surface area contributed by atoms with Crippen LogP contribution >= 0.6 is 12.4 Å². The molecule has 0 radical (unpaired) electrons. The standard InChI is InChI=1S/C22H35N3O2.ClH/c1-15(2)19-10-9-16(3)11-20(19)22(27)24-14-18(25-21(26)13-23)12-17-7-5-4-6-8-17;/h4-8,15-16,18-20H,9-14,23H2,1-3H3,(H,24,27)(H,25,26);1H/t16-,18?,19+,20-;/m1./s1. The number of benzene rings is 1. The van der Waals surface area contributed by atoms with Crippen molar-refractivity contribution in [2.75, 3.05) is 13.1 Å². The zero-order valence-corrected chi connectivity index (χ0v) is 18.1. The van der Waals surface area contributed by atoms with Crippen LogP contribution in [0.2, 0.25) is 0 Å². The maximum atomic E-state index is 12.9. The summed E-state index contributed by atoms with van der Waals surface area (Å²) in [5, 5.41) is 6.05. The molecule has 0 aromatic heterocycles. The highest BCUT2D eigenvalue weighted by atomic mass is 35.5. The Balaban J connectivity index is 0.00000392. The smallest absolute Gasteiger partial charge is 0.234 e. The number of rotatable bonds is 8. The van der Waals surface area contributed by atoms with Crippen LogP contribution in [0.1, 0.15) is 45.6 Å². The van der Waals surface area contributed by atoms with Crippen molar-refractivity contribution < 1.29 is 9.59 Å². The Morgan fingerprint density at radius 3 is 2.46 bits per heavy atom. The molecule has 0 spiro atoms. The third-order valence-corrected chi connectivity index (χ3v) is 5.76. The summed E-state index contributed by atoms with van der Waals surface area (Å²) < 4.78 is 0. The van der Waals surface area contributed by atoms with Crippen molar-refractivity contribution >= 4 is 24.2 Å². The van der Waals surface area contributed by atoms with Crippen molar-refractivity contribution in [3.63, 3.8) is 0 Å². The van der Waals surface area contributed by atoms with Crippen molar-refractivity contribution in [2.45, 2.75) is 52.5 Å². The molecule has 1 fully saturated rings. The molecular formula is C22H36ClN3O2. The maximum absolute atomic E-state index is 12.9. The zero-order chi connectivity index (χ0) is 19.8. The first kappa shape index (κ1) is 24.4. The molecule has 28 heavy (non-hydrogen) atoms. The molecule has 1 aliphatic rings.